The van der Waals surface area contributed by atoms with Gasteiger partial charge < -0.3 is 0 Å². The first-order valence-electron chi connectivity index (χ1n) is 3.74. The van der Waals surface area contributed by atoms with E-state index in [1.54, 1.807) is 0 Å². The molecule has 6 nitrogen and oxygen atoms in total. The van der Waals surface area contributed by atoms with Crippen molar-refractivity contribution < 1.29 is 21.4 Å². The maximum Gasteiger partial charge on any atom is 0.294 e. The van der Waals surface area contributed by atoms with E-state index in [0.29, 0.717) is 0 Å². The first kappa shape index (κ1) is 12.0. The summed E-state index contributed by atoms with van der Waals surface area (Å²) in [4.78, 5) is -0.290. The van der Waals surface area contributed by atoms with Crippen LogP contribution in [0.15, 0.2) is 29.2 Å². The smallest absolute Gasteiger partial charge is 0.284 e. The van der Waals surface area contributed by atoms with Crippen LogP contribution in [0, 0.1) is 0 Å². The Bertz CT molecular complexity index is 544. The van der Waals surface area contributed by atoms with Crippen molar-refractivity contribution in [3.05, 3.63) is 24.3 Å². The molecule has 0 fully saturated rings. The molecule has 1 aromatic rings. The number of benzene rings is 1. The quantitative estimate of drug-likeness (QED) is 0.753. The third-order valence-corrected chi connectivity index (χ3v) is 2.93. The highest BCUT2D eigenvalue weighted by atomic mass is 32.2. The van der Waals surface area contributed by atoms with Crippen molar-refractivity contribution in [3.63, 3.8) is 0 Å². The molecule has 0 heterocycles. The lowest BCUT2D eigenvalue weighted by Gasteiger charge is -2.03. The van der Waals surface area contributed by atoms with Crippen molar-refractivity contribution >= 4 is 25.8 Å². The van der Waals surface area contributed by atoms with Gasteiger partial charge in [-0.15, -0.1) is 0 Å². The van der Waals surface area contributed by atoms with Crippen molar-refractivity contribution in [2.45, 2.75) is 4.90 Å². The molecule has 0 unspecified atom stereocenters. The van der Waals surface area contributed by atoms with Crippen molar-refractivity contribution in [1.29, 1.82) is 0 Å². The van der Waals surface area contributed by atoms with Gasteiger partial charge in [0.2, 0.25) is 10.0 Å². The van der Waals surface area contributed by atoms with Crippen molar-refractivity contribution in [1.82, 2.24) is 0 Å². The summed E-state index contributed by atoms with van der Waals surface area (Å²) in [5.41, 5.74) is 0.227. The molecular weight excluding hydrogens is 242 g/mol. The van der Waals surface area contributed by atoms with Crippen LogP contribution in [0.1, 0.15) is 0 Å². The number of sulfonamides is 1. The lowest BCUT2D eigenvalue weighted by Crippen LogP contribution is -2.09. The molecule has 0 saturated carbocycles. The number of nitrogens with one attached hydrogen (secondary N) is 1. The second kappa shape index (κ2) is 3.80. The van der Waals surface area contributed by atoms with Gasteiger partial charge >= 0.3 is 0 Å². The Balaban J connectivity index is 3.02. The Labute approximate surface area is 87.7 Å². The average Bonchev–Trinajstić information content (AvgIpc) is 2.00. The van der Waals surface area contributed by atoms with Crippen LogP contribution in [0.25, 0.3) is 0 Å². The molecule has 0 aliphatic carbocycles. The summed E-state index contributed by atoms with van der Waals surface area (Å²) in [7, 11) is -7.63. The third-order valence-electron chi connectivity index (χ3n) is 1.46. The minimum absolute atomic E-state index is 0.227. The molecule has 1 aromatic carbocycles. The predicted molar refractivity (Wildman–Crippen MR) is 54.7 cm³/mol. The summed E-state index contributed by atoms with van der Waals surface area (Å²) in [5.74, 6) is 0. The molecule has 0 spiro atoms. The first-order valence-corrected chi connectivity index (χ1v) is 7.07. The van der Waals surface area contributed by atoms with Crippen LogP contribution in [-0.2, 0) is 20.1 Å². The number of hydrogen-bond acceptors (Lipinski definition) is 4. The van der Waals surface area contributed by atoms with Gasteiger partial charge in [0, 0.05) is 5.69 Å². The Morgan fingerprint density at radius 2 is 1.53 bits per heavy atom. The molecule has 0 saturated heterocycles. The molecule has 0 atom stereocenters. The van der Waals surface area contributed by atoms with Crippen LogP contribution in [0.4, 0.5) is 5.69 Å². The van der Waals surface area contributed by atoms with E-state index in [1.807, 2.05) is 0 Å². The fraction of sp³-hybridized carbons (Fsp3) is 0.143. The average molecular weight is 251 g/mol. The highest BCUT2D eigenvalue weighted by molar-refractivity contribution is 7.92. The SMILES string of the molecule is CS(=O)(=O)Nc1ccc(S(=O)(=O)O)cc1. The normalized spacial score (nSPS) is 12.4. The van der Waals surface area contributed by atoms with Crippen molar-refractivity contribution in [3.8, 4) is 0 Å². The lowest BCUT2D eigenvalue weighted by molar-refractivity contribution is 0.483. The van der Waals surface area contributed by atoms with Gasteiger partial charge in [-0.2, -0.15) is 8.42 Å². The van der Waals surface area contributed by atoms with Gasteiger partial charge in [-0.3, -0.25) is 9.27 Å². The minimum atomic E-state index is -4.24. The van der Waals surface area contributed by atoms with Crippen molar-refractivity contribution in [2.75, 3.05) is 11.0 Å². The predicted octanol–water partition coefficient (Wildman–Crippen LogP) is 0.305. The van der Waals surface area contributed by atoms with Gasteiger partial charge in [-0.1, -0.05) is 0 Å². The standard InChI is InChI=1S/C7H9NO5S2/c1-14(9,10)8-6-2-4-7(5-3-6)15(11,12)13/h2-5,8H,1H3,(H,11,12,13). The Hall–Kier alpha value is -1.12. The van der Waals surface area contributed by atoms with Gasteiger partial charge in [-0.05, 0) is 24.3 Å². The van der Waals surface area contributed by atoms with E-state index < -0.39 is 20.1 Å². The van der Waals surface area contributed by atoms with Gasteiger partial charge in [0.05, 0.1) is 11.2 Å². The summed E-state index contributed by atoms with van der Waals surface area (Å²) in [6.45, 7) is 0. The third kappa shape index (κ3) is 3.86. The molecule has 0 radical (unpaired) electrons. The Kier molecular flexibility index (Phi) is 3.03. The zero-order chi connectivity index (χ0) is 11.7. The highest BCUT2D eigenvalue weighted by Crippen LogP contribution is 2.14. The van der Waals surface area contributed by atoms with Crippen LogP contribution in [-0.4, -0.2) is 27.6 Å². The number of anilines is 1. The van der Waals surface area contributed by atoms with Crippen LogP contribution >= 0.6 is 0 Å². The van der Waals surface area contributed by atoms with Crippen LogP contribution in [0.2, 0.25) is 0 Å². The summed E-state index contributed by atoms with van der Waals surface area (Å²) in [6, 6.07) is 4.68. The van der Waals surface area contributed by atoms with E-state index in [0.717, 1.165) is 18.4 Å². The topological polar surface area (TPSA) is 101 Å². The second-order valence-electron chi connectivity index (χ2n) is 2.87. The van der Waals surface area contributed by atoms with Crippen LogP contribution < -0.4 is 4.72 Å². The molecule has 1 rings (SSSR count). The molecule has 0 aromatic heterocycles. The van der Waals surface area contributed by atoms with Crippen LogP contribution in [0.3, 0.4) is 0 Å². The molecule has 0 bridgehead atoms. The summed E-state index contributed by atoms with van der Waals surface area (Å²) in [5, 5.41) is 0. The fourth-order valence-corrected chi connectivity index (χ4v) is 1.95. The van der Waals surface area contributed by atoms with E-state index >= 15 is 0 Å². The monoisotopic (exact) mass is 251 g/mol. The molecule has 2 N–H and O–H groups in total. The Morgan fingerprint density at radius 1 is 1.07 bits per heavy atom. The molecule has 0 amide bonds. The zero-order valence-corrected chi connectivity index (χ0v) is 9.34. The van der Waals surface area contributed by atoms with Crippen LogP contribution in [0.5, 0.6) is 0 Å². The van der Waals surface area contributed by atoms with E-state index in [9.17, 15) is 16.8 Å². The molecule has 8 heteroatoms. The fourth-order valence-electron chi connectivity index (χ4n) is 0.909. The maximum atomic E-state index is 10.8. The highest BCUT2D eigenvalue weighted by Gasteiger charge is 2.09. The largest absolute Gasteiger partial charge is 0.294 e. The van der Waals surface area contributed by atoms with E-state index in [2.05, 4.69) is 4.72 Å². The molecule has 0 aliphatic rings. The van der Waals surface area contributed by atoms with E-state index in [1.165, 1.54) is 12.1 Å². The first-order chi connectivity index (χ1) is 6.68. The van der Waals surface area contributed by atoms with Gasteiger partial charge in [0.25, 0.3) is 10.1 Å². The molecule has 0 aliphatic heterocycles. The van der Waals surface area contributed by atoms with Crippen molar-refractivity contribution in [2.24, 2.45) is 0 Å². The lowest BCUT2D eigenvalue weighted by atomic mass is 10.3. The molecule has 84 valence electrons. The van der Waals surface area contributed by atoms with Gasteiger partial charge in [0.1, 0.15) is 0 Å². The zero-order valence-electron chi connectivity index (χ0n) is 7.71. The minimum Gasteiger partial charge on any atom is -0.284 e. The number of hydrogen-bond donors (Lipinski definition) is 2. The summed E-state index contributed by atoms with van der Waals surface area (Å²) >= 11 is 0. The maximum absolute atomic E-state index is 10.8. The number of rotatable bonds is 3. The summed E-state index contributed by atoms with van der Waals surface area (Å²) < 4.78 is 53.7. The molecular formula is C7H9NO5S2. The van der Waals surface area contributed by atoms with E-state index in [-0.39, 0.29) is 10.6 Å². The summed E-state index contributed by atoms with van der Waals surface area (Å²) in [6.07, 6.45) is 0.976. The second-order valence-corrected chi connectivity index (χ2v) is 6.04. The Morgan fingerprint density at radius 3 is 1.87 bits per heavy atom. The molecule has 15 heavy (non-hydrogen) atoms. The van der Waals surface area contributed by atoms with Gasteiger partial charge in [-0.25, -0.2) is 8.42 Å². The van der Waals surface area contributed by atoms with Gasteiger partial charge in [0.15, 0.2) is 0 Å². The van der Waals surface area contributed by atoms with E-state index in [4.69, 9.17) is 4.55 Å².